The third kappa shape index (κ3) is 5.94. The summed E-state index contributed by atoms with van der Waals surface area (Å²) in [5, 5.41) is 13.0. The number of aromatic nitrogens is 6. The van der Waals surface area contributed by atoms with Crippen LogP contribution in [0.5, 0.6) is 0 Å². The first-order valence-corrected chi connectivity index (χ1v) is 14.0. The van der Waals surface area contributed by atoms with Crippen LogP contribution in [-0.4, -0.2) is 47.8 Å². The molecule has 1 aliphatic rings. The molecule has 1 amide bonds. The molecule has 41 heavy (non-hydrogen) atoms. The van der Waals surface area contributed by atoms with Crippen molar-refractivity contribution in [3.05, 3.63) is 59.4 Å². The van der Waals surface area contributed by atoms with Crippen LogP contribution in [0.25, 0.3) is 17.1 Å². The van der Waals surface area contributed by atoms with E-state index < -0.39 is 11.7 Å². The van der Waals surface area contributed by atoms with Crippen LogP contribution in [0.2, 0.25) is 0 Å². The summed E-state index contributed by atoms with van der Waals surface area (Å²) in [4.78, 5) is 24.4. The molecule has 0 atom stereocenters. The van der Waals surface area contributed by atoms with Crippen molar-refractivity contribution in [3.8, 4) is 17.1 Å². The van der Waals surface area contributed by atoms with Crippen LogP contribution in [0.15, 0.2) is 36.7 Å². The Labute approximate surface area is 239 Å². The Morgan fingerprint density at radius 2 is 1.83 bits per heavy atom. The highest BCUT2D eigenvalue weighted by Crippen LogP contribution is 2.39. The number of hydrogen-bond acceptors (Lipinski definition) is 7. The first-order valence-electron chi connectivity index (χ1n) is 14.0. The van der Waals surface area contributed by atoms with Crippen molar-refractivity contribution in [2.45, 2.75) is 73.5 Å². The minimum Gasteiger partial charge on any atom is -0.443 e. The fourth-order valence-electron chi connectivity index (χ4n) is 4.85. The van der Waals surface area contributed by atoms with Gasteiger partial charge in [-0.2, -0.15) is 10.2 Å². The van der Waals surface area contributed by atoms with Gasteiger partial charge in [0.05, 0.1) is 22.8 Å². The van der Waals surface area contributed by atoms with Crippen molar-refractivity contribution in [1.29, 1.82) is 0 Å². The van der Waals surface area contributed by atoms with Crippen LogP contribution in [0.4, 0.5) is 26.5 Å². The minimum absolute atomic E-state index is 0.325. The average molecular weight is 561 g/mol. The summed E-state index contributed by atoms with van der Waals surface area (Å²) in [6.07, 6.45) is 3.03. The molecule has 3 aromatic heterocycles. The first-order chi connectivity index (χ1) is 19.5. The number of carbonyl (C=O) groups is 1. The van der Waals surface area contributed by atoms with E-state index in [9.17, 15) is 9.18 Å². The van der Waals surface area contributed by atoms with Crippen molar-refractivity contribution in [2.75, 3.05) is 16.8 Å². The van der Waals surface area contributed by atoms with Gasteiger partial charge in [0.15, 0.2) is 5.82 Å². The number of nitrogens with zero attached hydrogens (tertiary/aromatic N) is 7. The van der Waals surface area contributed by atoms with Gasteiger partial charge in [-0.15, -0.1) is 0 Å². The molecule has 3 heterocycles. The van der Waals surface area contributed by atoms with Gasteiger partial charge in [0.25, 0.3) is 0 Å². The van der Waals surface area contributed by atoms with Gasteiger partial charge < -0.3 is 10.1 Å². The summed E-state index contributed by atoms with van der Waals surface area (Å²) in [6.45, 7) is 14.7. The Morgan fingerprint density at radius 1 is 1.12 bits per heavy atom. The zero-order valence-electron chi connectivity index (χ0n) is 24.7. The zero-order valence-corrected chi connectivity index (χ0v) is 24.7. The van der Waals surface area contributed by atoms with Crippen LogP contribution in [0.1, 0.15) is 57.5 Å². The van der Waals surface area contributed by atoms with E-state index in [4.69, 9.17) is 14.9 Å². The van der Waals surface area contributed by atoms with Gasteiger partial charge in [0.1, 0.15) is 29.4 Å². The topological polar surface area (TPSA) is 103 Å². The van der Waals surface area contributed by atoms with E-state index >= 15 is 0 Å². The minimum atomic E-state index is -0.753. The highest BCUT2D eigenvalue weighted by Gasteiger charge is 2.34. The summed E-state index contributed by atoms with van der Waals surface area (Å²) in [6, 6.07) is 7.94. The SMILES string of the molecule is CCNc1c(C)nn(-c2cc(N(C(=O)OC(C)(C)C)c3c(C)c(-c4ccc(F)cc4)nn3CC3CC3)ncn2)c1C. The number of halogens is 1. The van der Waals surface area contributed by atoms with E-state index in [1.54, 1.807) is 22.9 Å². The Bertz CT molecular complexity index is 1560. The second-order valence-corrected chi connectivity index (χ2v) is 11.5. The van der Waals surface area contributed by atoms with Crippen LogP contribution < -0.4 is 10.2 Å². The molecule has 216 valence electrons. The Morgan fingerprint density at radius 3 is 2.46 bits per heavy atom. The molecule has 0 bridgehead atoms. The second-order valence-electron chi connectivity index (χ2n) is 11.5. The van der Waals surface area contributed by atoms with E-state index in [-0.39, 0.29) is 5.82 Å². The molecule has 5 rings (SSSR count). The first kappa shape index (κ1) is 28.3. The molecule has 1 aliphatic carbocycles. The summed E-state index contributed by atoms with van der Waals surface area (Å²) < 4.78 is 23.2. The van der Waals surface area contributed by atoms with Crippen LogP contribution in [0.3, 0.4) is 0 Å². The molecular formula is C30H37FN8O2. The van der Waals surface area contributed by atoms with E-state index in [0.717, 1.165) is 47.6 Å². The molecule has 0 saturated heterocycles. The third-order valence-corrected chi connectivity index (χ3v) is 6.92. The number of nitrogens with one attached hydrogen (secondary N) is 1. The lowest BCUT2D eigenvalue weighted by molar-refractivity contribution is 0.0595. The number of ether oxygens (including phenoxy) is 1. The molecule has 0 unspecified atom stereocenters. The Balaban J connectivity index is 1.67. The van der Waals surface area contributed by atoms with Gasteiger partial charge in [-0.3, -0.25) is 0 Å². The normalized spacial score (nSPS) is 13.4. The van der Waals surface area contributed by atoms with E-state index in [0.29, 0.717) is 35.6 Å². The van der Waals surface area contributed by atoms with Crippen molar-refractivity contribution in [2.24, 2.45) is 5.92 Å². The summed E-state index contributed by atoms with van der Waals surface area (Å²) in [5.74, 6) is 1.53. The number of rotatable bonds is 8. The molecule has 1 N–H and O–H groups in total. The van der Waals surface area contributed by atoms with Gasteiger partial charge in [-0.1, -0.05) is 0 Å². The largest absolute Gasteiger partial charge is 0.443 e. The number of amides is 1. The molecule has 0 spiro atoms. The number of aryl methyl sites for hydroxylation is 1. The molecule has 1 saturated carbocycles. The number of anilines is 3. The Hall–Kier alpha value is -4.28. The molecule has 0 radical (unpaired) electrons. The van der Waals surface area contributed by atoms with Gasteiger partial charge in [0, 0.05) is 30.3 Å². The maximum atomic E-state index is 13.9. The zero-order chi connectivity index (χ0) is 29.5. The summed E-state index contributed by atoms with van der Waals surface area (Å²) >= 11 is 0. The number of carbonyl (C=O) groups excluding carboxylic acids is 1. The van der Waals surface area contributed by atoms with Crippen LogP contribution in [-0.2, 0) is 11.3 Å². The van der Waals surface area contributed by atoms with Gasteiger partial charge >= 0.3 is 6.09 Å². The molecule has 11 heteroatoms. The fourth-order valence-corrected chi connectivity index (χ4v) is 4.85. The lowest BCUT2D eigenvalue weighted by Crippen LogP contribution is -2.36. The maximum Gasteiger partial charge on any atom is 0.421 e. The van der Waals surface area contributed by atoms with Crippen molar-refractivity contribution in [1.82, 2.24) is 29.5 Å². The predicted molar refractivity (Wildman–Crippen MR) is 156 cm³/mol. The van der Waals surface area contributed by atoms with Gasteiger partial charge in [-0.05, 0) is 91.5 Å². The second kappa shape index (κ2) is 10.9. The molecule has 4 aromatic rings. The summed E-state index contributed by atoms with van der Waals surface area (Å²) in [7, 11) is 0. The number of hydrogen-bond donors (Lipinski definition) is 1. The lowest BCUT2D eigenvalue weighted by Gasteiger charge is -2.27. The third-order valence-electron chi connectivity index (χ3n) is 6.92. The summed E-state index contributed by atoms with van der Waals surface area (Å²) in [5.41, 5.74) is 4.10. The lowest BCUT2D eigenvalue weighted by atomic mass is 10.1. The monoisotopic (exact) mass is 560 g/mol. The molecule has 1 aromatic carbocycles. The maximum absolute atomic E-state index is 13.9. The number of benzene rings is 1. The predicted octanol–water partition coefficient (Wildman–Crippen LogP) is 6.51. The molecule has 10 nitrogen and oxygen atoms in total. The van der Waals surface area contributed by atoms with Crippen LogP contribution >= 0.6 is 0 Å². The fraction of sp³-hybridized carbons (Fsp3) is 0.433. The quantitative estimate of drug-likeness (QED) is 0.262. The molecular weight excluding hydrogens is 523 g/mol. The van der Waals surface area contributed by atoms with E-state index in [2.05, 4.69) is 15.3 Å². The van der Waals surface area contributed by atoms with Gasteiger partial charge in [0.2, 0.25) is 0 Å². The highest BCUT2D eigenvalue weighted by atomic mass is 19.1. The Kier molecular flexibility index (Phi) is 7.54. The average Bonchev–Trinajstić information content (AvgIpc) is 3.62. The highest BCUT2D eigenvalue weighted by molar-refractivity contribution is 5.96. The standard InChI is InChI=1S/C30H37FN8O2/c1-8-32-27-19(3)35-39(20(27)4)25-15-24(33-17-34-25)38(29(40)41-30(5,6)7)28-18(2)26(22-11-13-23(31)14-12-22)36-37(28)16-21-9-10-21/h11-15,17,21,32H,8-10,16H2,1-7H3. The molecule has 1 fully saturated rings. The molecule has 0 aliphatic heterocycles. The van der Waals surface area contributed by atoms with Crippen molar-refractivity contribution < 1.29 is 13.9 Å². The van der Waals surface area contributed by atoms with Crippen molar-refractivity contribution >= 4 is 23.4 Å². The smallest absolute Gasteiger partial charge is 0.421 e. The van der Waals surface area contributed by atoms with Crippen LogP contribution in [0, 0.1) is 32.5 Å². The van der Waals surface area contributed by atoms with Gasteiger partial charge in [-0.25, -0.2) is 33.4 Å². The van der Waals surface area contributed by atoms with E-state index in [1.165, 1.54) is 23.4 Å². The van der Waals surface area contributed by atoms with Crippen molar-refractivity contribution in [3.63, 3.8) is 0 Å². The van der Waals surface area contributed by atoms with E-state index in [1.807, 2.05) is 53.1 Å².